The van der Waals surface area contributed by atoms with E-state index in [0.29, 0.717) is 13.0 Å². The van der Waals surface area contributed by atoms with Crippen molar-refractivity contribution in [3.63, 3.8) is 0 Å². The molecule has 1 aromatic carbocycles. The molecule has 8 heteroatoms. The van der Waals surface area contributed by atoms with Crippen LogP contribution < -0.4 is 5.32 Å². The van der Waals surface area contributed by atoms with Crippen molar-refractivity contribution in [1.29, 1.82) is 0 Å². The van der Waals surface area contributed by atoms with Crippen LogP contribution in [-0.4, -0.2) is 37.4 Å². The average Bonchev–Trinajstić information content (AvgIpc) is 2.43. The number of para-hydroxylation sites is 1. The van der Waals surface area contributed by atoms with Crippen molar-refractivity contribution in [1.82, 2.24) is 0 Å². The number of nitro benzene ring substituents is 1. The summed E-state index contributed by atoms with van der Waals surface area (Å²) in [5.74, 6) is 0.227. The summed E-state index contributed by atoms with van der Waals surface area (Å²) in [5.41, 5.74) is -0.214. The summed E-state index contributed by atoms with van der Waals surface area (Å²) in [6.45, 7) is 0.477. The summed E-state index contributed by atoms with van der Waals surface area (Å²) in [6.07, 6.45) is 3.96. The van der Waals surface area contributed by atoms with E-state index in [1.165, 1.54) is 18.2 Å². The molecule has 1 aliphatic rings. The lowest BCUT2D eigenvalue weighted by Crippen LogP contribution is -2.25. The van der Waals surface area contributed by atoms with Crippen molar-refractivity contribution >= 4 is 21.2 Å². The highest BCUT2D eigenvalue weighted by atomic mass is 32.2. The Bertz CT molecular complexity index is 659. The highest BCUT2D eigenvalue weighted by molar-refractivity contribution is 7.90. The van der Waals surface area contributed by atoms with Crippen molar-refractivity contribution in [2.75, 3.05) is 18.1 Å². The summed E-state index contributed by atoms with van der Waals surface area (Å²) in [7, 11) is -3.67. The van der Waals surface area contributed by atoms with E-state index in [2.05, 4.69) is 5.32 Å². The van der Waals surface area contributed by atoms with E-state index >= 15 is 0 Å². The highest BCUT2D eigenvalue weighted by Crippen LogP contribution is 2.33. The standard InChI is InChI=1S/C14H20N2O5S/c1-22(20,21)13-7-3-6-12(14(13)16(18)19)15-9-10-4-2-5-11(17)8-10/h3,6-7,10-11,15,17H,2,4-5,8-9H2,1H3. The lowest BCUT2D eigenvalue weighted by Gasteiger charge is -2.26. The molecule has 0 amide bonds. The van der Waals surface area contributed by atoms with Gasteiger partial charge in [-0.2, -0.15) is 0 Å². The zero-order valence-corrected chi connectivity index (χ0v) is 13.2. The van der Waals surface area contributed by atoms with Crippen molar-refractivity contribution in [3.8, 4) is 0 Å². The number of aliphatic hydroxyl groups is 1. The number of sulfone groups is 1. The fourth-order valence-corrected chi connectivity index (χ4v) is 3.72. The van der Waals surface area contributed by atoms with E-state index in [9.17, 15) is 23.6 Å². The zero-order valence-electron chi connectivity index (χ0n) is 12.4. The van der Waals surface area contributed by atoms with Gasteiger partial charge in [0.2, 0.25) is 0 Å². The molecule has 2 atom stereocenters. The predicted octanol–water partition coefficient (Wildman–Crippen LogP) is 1.96. The summed E-state index contributed by atoms with van der Waals surface area (Å²) in [4.78, 5) is 10.3. The number of nitrogens with zero attached hydrogens (tertiary/aromatic N) is 1. The molecule has 0 radical (unpaired) electrons. The van der Waals surface area contributed by atoms with Crippen LogP contribution in [0.15, 0.2) is 23.1 Å². The van der Waals surface area contributed by atoms with E-state index < -0.39 is 20.4 Å². The SMILES string of the molecule is CS(=O)(=O)c1cccc(NCC2CCCC(O)C2)c1[N+](=O)[O-]. The van der Waals surface area contributed by atoms with Crippen LogP contribution in [0.25, 0.3) is 0 Å². The smallest absolute Gasteiger partial charge is 0.310 e. The Morgan fingerprint density at radius 1 is 1.41 bits per heavy atom. The molecule has 2 unspecified atom stereocenters. The van der Waals surface area contributed by atoms with Crippen LogP contribution in [0, 0.1) is 16.0 Å². The third-order valence-electron chi connectivity index (χ3n) is 3.92. The molecule has 22 heavy (non-hydrogen) atoms. The quantitative estimate of drug-likeness (QED) is 0.631. The zero-order chi connectivity index (χ0) is 16.3. The van der Waals surface area contributed by atoms with Crippen LogP contribution in [-0.2, 0) is 9.84 Å². The Morgan fingerprint density at radius 2 is 2.14 bits per heavy atom. The van der Waals surface area contributed by atoms with E-state index in [4.69, 9.17) is 0 Å². The van der Waals surface area contributed by atoms with Gasteiger partial charge >= 0.3 is 5.69 Å². The second-order valence-electron chi connectivity index (χ2n) is 5.75. The van der Waals surface area contributed by atoms with Gasteiger partial charge in [0.05, 0.1) is 11.0 Å². The summed E-state index contributed by atoms with van der Waals surface area (Å²) in [6, 6.07) is 4.23. The molecule has 1 aliphatic carbocycles. The highest BCUT2D eigenvalue weighted by Gasteiger charge is 2.27. The molecule has 0 aromatic heterocycles. The van der Waals surface area contributed by atoms with E-state index in [0.717, 1.165) is 25.5 Å². The molecule has 0 saturated heterocycles. The lowest BCUT2D eigenvalue weighted by atomic mass is 9.87. The number of nitro groups is 1. The maximum absolute atomic E-state index is 11.7. The van der Waals surface area contributed by atoms with Crippen molar-refractivity contribution < 1.29 is 18.4 Å². The van der Waals surface area contributed by atoms with Gasteiger partial charge in [-0.1, -0.05) is 12.5 Å². The number of aliphatic hydroxyl groups excluding tert-OH is 1. The number of rotatable bonds is 5. The Labute approximate surface area is 129 Å². The van der Waals surface area contributed by atoms with Crippen LogP contribution in [0.4, 0.5) is 11.4 Å². The minimum absolute atomic E-state index is 0.202. The third kappa shape index (κ3) is 3.95. The molecular weight excluding hydrogens is 308 g/mol. The van der Waals surface area contributed by atoms with Crippen LogP contribution in [0.3, 0.4) is 0 Å². The predicted molar refractivity (Wildman–Crippen MR) is 82.7 cm³/mol. The molecule has 2 N–H and O–H groups in total. The number of hydrogen-bond donors (Lipinski definition) is 2. The molecule has 1 fully saturated rings. The molecule has 1 aromatic rings. The van der Waals surface area contributed by atoms with Gasteiger partial charge in [0.1, 0.15) is 10.6 Å². The molecule has 0 aliphatic heterocycles. The molecule has 7 nitrogen and oxygen atoms in total. The lowest BCUT2D eigenvalue weighted by molar-refractivity contribution is -0.386. The molecule has 2 rings (SSSR count). The Hall–Kier alpha value is -1.67. The summed E-state index contributed by atoms with van der Waals surface area (Å²) < 4.78 is 23.4. The Morgan fingerprint density at radius 3 is 2.73 bits per heavy atom. The number of anilines is 1. The summed E-state index contributed by atoms with van der Waals surface area (Å²) in [5, 5.41) is 23.9. The number of nitrogens with one attached hydrogen (secondary N) is 1. The molecule has 0 spiro atoms. The van der Waals surface area contributed by atoms with E-state index in [-0.39, 0.29) is 22.6 Å². The van der Waals surface area contributed by atoms with E-state index in [1.54, 1.807) is 0 Å². The fourth-order valence-electron chi connectivity index (χ4n) is 2.85. The van der Waals surface area contributed by atoms with Crippen molar-refractivity contribution in [2.45, 2.75) is 36.7 Å². The van der Waals surface area contributed by atoms with Gasteiger partial charge in [0, 0.05) is 12.8 Å². The monoisotopic (exact) mass is 328 g/mol. The molecule has 0 bridgehead atoms. The Balaban J connectivity index is 2.22. The minimum atomic E-state index is -3.67. The fraction of sp³-hybridized carbons (Fsp3) is 0.571. The van der Waals surface area contributed by atoms with Gasteiger partial charge in [0.25, 0.3) is 0 Å². The molecule has 1 saturated carbocycles. The minimum Gasteiger partial charge on any atom is -0.393 e. The van der Waals surface area contributed by atoms with Gasteiger partial charge in [0.15, 0.2) is 9.84 Å². The van der Waals surface area contributed by atoms with Gasteiger partial charge in [-0.25, -0.2) is 8.42 Å². The topological polar surface area (TPSA) is 110 Å². The molecule has 0 heterocycles. The molecule has 122 valence electrons. The maximum Gasteiger partial charge on any atom is 0.310 e. The van der Waals surface area contributed by atoms with Gasteiger partial charge < -0.3 is 10.4 Å². The first-order chi connectivity index (χ1) is 10.3. The van der Waals surface area contributed by atoms with Crippen LogP contribution in [0.5, 0.6) is 0 Å². The van der Waals surface area contributed by atoms with E-state index in [1.807, 2.05) is 0 Å². The largest absolute Gasteiger partial charge is 0.393 e. The first-order valence-corrected chi connectivity index (χ1v) is 9.07. The van der Waals surface area contributed by atoms with Crippen molar-refractivity contribution in [3.05, 3.63) is 28.3 Å². The van der Waals surface area contributed by atoms with Crippen molar-refractivity contribution in [2.24, 2.45) is 5.92 Å². The number of hydrogen-bond acceptors (Lipinski definition) is 6. The third-order valence-corrected chi connectivity index (χ3v) is 5.05. The molecular formula is C14H20N2O5S. The maximum atomic E-state index is 11.7. The Kier molecular flexibility index (Phi) is 5.02. The van der Waals surface area contributed by atoms with Crippen LogP contribution >= 0.6 is 0 Å². The first-order valence-electron chi connectivity index (χ1n) is 7.18. The normalized spacial score (nSPS) is 22.3. The second kappa shape index (κ2) is 6.62. The van der Waals surface area contributed by atoms with Crippen LogP contribution in [0.2, 0.25) is 0 Å². The summed E-state index contributed by atoms with van der Waals surface area (Å²) >= 11 is 0. The van der Waals surface area contributed by atoms with Gasteiger partial charge in [-0.3, -0.25) is 10.1 Å². The van der Waals surface area contributed by atoms with Crippen LogP contribution in [0.1, 0.15) is 25.7 Å². The van der Waals surface area contributed by atoms with Gasteiger partial charge in [-0.05, 0) is 37.3 Å². The second-order valence-corrected chi connectivity index (χ2v) is 7.73. The first kappa shape index (κ1) is 16.7. The average molecular weight is 328 g/mol. The van der Waals surface area contributed by atoms with Gasteiger partial charge in [-0.15, -0.1) is 0 Å². The number of benzene rings is 1.